The Morgan fingerprint density at radius 3 is 2.77 bits per heavy atom. The molecule has 1 atom stereocenters. The molecule has 0 saturated heterocycles. The molecule has 1 aromatic heterocycles. The fourth-order valence-electron chi connectivity index (χ4n) is 4.51. The van der Waals surface area contributed by atoms with Gasteiger partial charge in [0.25, 0.3) is 5.91 Å². The molecule has 0 fully saturated rings. The number of rotatable bonds is 1. The standard InChI is InChI=1S/C22H20N2O2/c1-14-12-16-6-2-3-10-19(16)24(14)22(26)18-13-23-11-5-8-15-7-4-9-17(20(15)23)21(18)25/h2-4,6-7,9-10,13-14H,5,8,11-12H2,1H3/t14-/m0/s1. The van der Waals surface area contributed by atoms with Crippen molar-refractivity contribution in [1.29, 1.82) is 0 Å². The van der Waals surface area contributed by atoms with E-state index < -0.39 is 0 Å². The Balaban J connectivity index is 1.70. The molecule has 4 heteroatoms. The van der Waals surface area contributed by atoms with Crippen molar-refractivity contribution in [3.63, 3.8) is 0 Å². The molecule has 130 valence electrons. The van der Waals surface area contributed by atoms with Crippen LogP contribution in [0.1, 0.15) is 34.8 Å². The van der Waals surface area contributed by atoms with E-state index in [1.54, 1.807) is 11.1 Å². The molecule has 0 radical (unpaired) electrons. The van der Waals surface area contributed by atoms with Crippen LogP contribution in [0, 0.1) is 0 Å². The van der Waals surface area contributed by atoms with Gasteiger partial charge in [-0.1, -0.05) is 30.3 Å². The van der Waals surface area contributed by atoms with Crippen LogP contribution in [0.2, 0.25) is 0 Å². The summed E-state index contributed by atoms with van der Waals surface area (Å²) in [5.41, 5.74) is 4.41. The van der Waals surface area contributed by atoms with Crippen LogP contribution >= 0.6 is 0 Å². The zero-order valence-electron chi connectivity index (χ0n) is 14.7. The van der Waals surface area contributed by atoms with Crippen molar-refractivity contribution < 1.29 is 4.79 Å². The van der Waals surface area contributed by atoms with Crippen molar-refractivity contribution >= 4 is 22.5 Å². The summed E-state index contributed by atoms with van der Waals surface area (Å²) in [7, 11) is 0. The van der Waals surface area contributed by atoms with Crippen molar-refractivity contribution in [2.24, 2.45) is 0 Å². The summed E-state index contributed by atoms with van der Waals surface area (Å²) in [6.07, 6.45) is 4.63. The fraction of sp³-hybridized carbons (Fsp3) is 0.273. The van der Waals surface area contributed by atoms with E-state index in [2.05, 4.69) is 16.7 Å². The zero-order chi connectivity index (χ0) is 17.8. The van der Waals surface area contributed by atoms with Crippen LogP contribution in [-0.2, 0) is 19.4 Å². The summed E-state index contributed by atoms with van der Waals surface area (Å²) in [5, 5.41) is 0.660. The van der Waals surface area contributed by atoms with E-state index in [1.807, 2.05) is 37.3 Å². The molecule has 2 aliphatic heterocycles. The number of hydrogen-bond donors (Lipinski definition) is 0. The first-order chi connectivity index (χ1) is 12.6. The van der Waals surface area contributed by atoms with E-state index in [-0.39, 0.29) is 22.9 Å². The number of fused-ring (bicyclic) bond motifs is 1. The van der Waals surface area contributed by atoms with Gasteiger partial charge in [-0.05, 0) is 49.4 Å². The van der Waals surface area contributed by atoms with Crippen LogP contribution in [-0.4, -0.2) is 16.5 Å². The van der Waals surface area contributed by atoms with E-state index in [0.29, 0.717) is 5.39 Å². The minimum absolute atomic E-state index is 0.0580. The number of anilines is 1. The lowest BCUT2D eigenvalue weighted by molar-refractivity contribution is 0.0980. The minimum atomic E-state index is -0.186. The van der Waals surface area contributed by atoms with Gasteiger partial charge in [-0.3, -0.25) is 9.59 Å². The highest BCUT2D eigenvalue weighted by molar-refractivity contribution is 6.09. The molecule has 2 aromatic carbocycles. The highest BCUT2D eigenvalue weighted by Crippen LogP contribution is 2.33. The number of carbonyl (C=O) groups excluding carboxylic acids is 1. The maximum absolute atomic E-state index is 13.4. The number of aromatic nitrogens is 1. The SMILES string of the molecule is C[C@H]1Cc2ccccc2N1C(=O)c1cn2c3c(cccc3c1=O)CCC2. The van der Waals surface area contributed by atoms with Crippen molar-refractivity contribution in [3.05, 3.63) is 75.6 Å². The summed E-state index contributed by atoms with van der Waals surface area (Å²) in [4.78, 5) is 28.3. The minimum Gasteiger partial charge on any atom is -0.346 e. The van der Waals surface area contributed by atoms with Gasteiger partial charge in [-0.2, -0.15) is 0 Å². The highest BCUT2D eigenvalue weighted by atomic mass is 16.2. The van der Waals surface area contributed by atoms with Crippen molar-refractivity contribution in [2.45, 2.75) is 38.8 Å². The Kier molecular flexibility index (Phi) is 3.29. The molecule has 0 saturated carbocycles. The van der Waals surface area contributed by atoms with E-state index in [1.165, 1.54) is 5.56 Å². The maximum Gasteiger partial charge on any atom is 0.264 e. The van der Waals surface area contributed by atoms with Crippen LogP contribution in [0.25, 0.3) is 10.9 Å². The van der Waals surface area contributed by atoms with Gasteiger partial charge in [-0.15, -0.1) is 0 Å². The molecule has 0 aliphatic carbocycles. The molecule has 0 unspecified atom stereocenters. The van der Waals surface area contributed by atoms with Gasteiger partial charge in [0, 0.05) is 29.9 Å². The number of amides is 1. The van der Waals surface area contributed by atoms with E-state index in [9.17, 15) is 9.59 Å². The second-order valence-electron chi connectivity index (χ2n) is 7.34. The molecule has 0 bridgehead atoms. The van der Waals surface area contributed by atoms with Gasteiger partial charge < -0.3 is 9.47 Å². The molecule has 2 aliphatic rings. The molecule has 4 nitrogen and oxygen atoms in total. The number of hydrogen-bond acceptors (Lipinski definition) is 2. The molecule has 3 aromatic rings. The van der Waals surface area contributed by atoms with E-state index in [0.717, 1.165) is 42.6 Å². The highest BCUT2D eigenvalue weighted by Gasteiger charge is 2.33. The molecule has 3 heterocycles. The van der Waals surface area contributed by atoms with Crippen LogP contribution in [0.5, 0.6) is 0 Å². The zero-order valence-corrected chi connectivity index (χ0v) is 14.7. The van der Waals surface area contributed by atoms with Gasteiger partial charge in [0.2, 0.25) is 5.43 Å². The Bertz CT molecular complexity index is 1110. The molecule has 0 spiro atoms. The first-order valence-electron chi connectivity index (χ1n) is 9.21. The quantitative estimate of drug-likeness (QED) is 0.678. The van der Waals surface area contributed by atoms with Crippen LogP contribution in [0.4, 0.5) is 5.69 Å². The van der Waals surface area contributed by atoms with Gasteiger partial charge in [0.15, 0.2) is 0 Å². The second-order valence-corrected chi connectivity index (χ2v) is 7.34. The average Bonchev–Trinajstić information content (AvgIpc) is 3.00. The summed E-state index contributed by atoms with van der Waals surface area (Å²) in [5.74, 6) is -0.186. The van der Waals surface area contributed by atoms with Crippen molar-refractivity contribution in [2.75, 3.05) is 4.90 Å². The molecule has 5 rings (SSSR count). The summed E-state index contributed by atoms with van der Waals surface area (Å²) in [6.45, 7) is 2.89. The van der Waals surface area contributed by atoms with Crippen LogP contribution in [0.3, 0.4) is 0 Å². The Morgan fingerprint density at radius 1 is 1.08 bits per heavy atom. The fourth-order valence-corrected chi connectivity index (χ4v) is 4.51. The third kappa shape index (κ3) is 2.08. The summed E-state index contributed by atoms with van der Waals surface area (Å²) >= 11 is 0. The van der Waals surface area contributed by atoms with Crippen molar-refractivity contribution in [3.8, 4) is 0 Å². The number of benzene rings is 2. The first kappa shape index (κ1) is 15.4. The normalized spacial score (nSPS) is 18.2. The lowest BCUT2D eigenvalue weighted by Gasteiger charge is -2.25. The third-order valence-corrected chi connectivity index (χ3v) is 5.68. The molecule has 1 amide bonds. The average molecular weight is 344 g/mol. The topological polar surface area (TPSA) is 42.3 Å². The van der Waals surface area contributed by atoms with Gasteiger partial charge in [-0.25, -0.2) is 0 Å². The van der Waals surface area contributed by atoms with E-state index in [4.69, 9.17) is 0 Å². The third-order valence-electron chi connectivity index (χ3n) is 5.68. The number of nitrogens with zero attached hydrogens (tertiary/aromatic N) is 2. The monoisotopic (exact) mass is 344 g/mol. The Morgan fingerprint density at radius 2 is 1.88 bits per heavy atom. The molecular formula is C22H20N2O2. The van der Waals surface area contributed by atoms with Gasteiger partial charge in [0.05, 0.1) is 5.52 Å². The lowest BCUT2D eigenvalue weighted by atomic mass is 9.99. The van der Waals surface area contributed by atoms with Crippen molar-refractivity contribution in [1.82, 2.24) is 4.57 Å². The Labute approximate surface area is 151 Å². The number of carbonyl (C=O) groups is 1. The number of pyridine rings is 1. The molecular weight excluding hydrogens is 324 g/mol. The van der Waals surface area contributed by atoms with Crippen LogP contribution < -0.4 is 10.3 Å². The number of aryl methyl sites for hydroxylation is 2. The largest absolute Gasteiger partial charge is 0.346 e. The van der Waals surface area contributed by atoms with Crippen LogP contribution in [0.15, 0.2) is 53.5 Å². The second kappa shape index (κ2) is 5.56. The lowest BCUT2D eigenvalue weighted by Crippen LogP contribution is -2.39. The van der Waals surface area contributed by atoms with Gasteiger partial charge in [0.1, 0.15) is 5.56 Å². The maximum atomic E-state index is 13.4. The summed E-state index contributed by atoms with van der Waals surface area (Å²) in [6, 6.07) is 13.9. The smallest absolute Gasteiger partial charge is 0.264 e. The predicted molar refractivity (Wildman–Crippen MR) is 103 cm³/mol. The first-order valence-corrected chi connectivity index (χ1v) is 9.21. The van der Waals surface area contributed by atoms with E-state index >= 15 is 0 Å². The number of para-hydroxylation sites is 2. The van der Waals surface area contributed by atoms with Gasteiger partial charge >= 0.3 is 0 Å². The Hall–Kier alpha value is -2.88. The predicted octanol–water partition coefficient (Wildman–Crippen LogP) is 3.54. The molecule has 0 N–H and O–H groups in total. The summed E-state index contributed by atoms with van der Waals surface area (Å²) < 4.78 is 2.09. The molecule has 26 heavy (non-hydrogen) atoms.